The molecule has 0 unspecified atom stereocenters. The van der Waals surface area contributed by atoms with Gasteiger partial charge in [-0.05, 0) is 43.5 Å². The summed E-state index contributed by atoms with van der Waals surface area (Å²) >= 11 is 0. The number of amides is 1. The lowest BCUT2D eigenvalue weighted by molar-refractivity contribution is 0.0950. The van der Waals surface area contributed by atoms with Crippen LogP contribution in [0.2, 0.25) is 0 Å². The zero-order chi connectivity index (χ0) is 18.8. The Morgan fingerprint density at radius 3 is 2.81 bits per heavy atom. The molecule has 1 aliphatic heterocycles. The van der Waals surface area contributed by atoms with E-state index in [4.69, 9.17) is 0 Å². The van der Waals surface area contributed by atoms with Gasteiger partial charge in [-0.2, -0.15) is 5.10 Å². The van der Waals surface area contributed by atoms with Crippen molar-refractivity contribution in [2.24, 2.45) is 0 Å². The molecule has 1 saturated carbocycles. The van der Waals surface area contributed by atoms with Crippen molar-refractivity contribution in [1.29, 1.82) is 0 Å². The third-order valence-corrected chi connectivity index (χ3v) is 5.87. The summed E-state index contributed by atoms with van der Waals surface area (Å²) in [5.41, 5.74) is 3.35. The normalized spacial score (nSPS) is 18.3. The maximum atomic E-state index is 12.3. The average Bonchev–Trinajstić information content (AvgIpc) is 3.11. The molecule has 2 aromatic rings. The quantitative estimate of drug-likeness (QED) is 0.870. The van der Waals surface area contributed by atoms with Crippen molar-refractivity contribution in [3.05, 3.63) is 46.8 Å². The van der Waals surface area contributed by atoms with Crippen LogP contribution in [0.4, 0.5) is 0 Å². The van der Waals surface area contributed by atoms with Gasteiger partial charge in [-0.15, -0.1) is 0 Å². The third kappa shape index (κ3) is 4.00. The lowest BCUT2D eigenvalue weighted by atomic mass is 9.94. The fraction of sp³-hybridized carbons (Fsp3) is 0.524. The number of aromatic nitrogens is 2. The maximum absolute atomic E-state index is 12.3. The predicted molar refractivity (Wildman–Crippen MR) is 104 cm³/mol. The molecule has 1 aliphatic carbocycles. The van der Waals surface area contributed by atoms with Gasteiger partial charge >= 0.3 is 0 Å². The second-order valence-electron chi connectivity index (χ2n) is 7.80. The molecule has 6 nitrogen and oxygen atoms in total. The minimum Gasteiger partial charge on any atom is -0.508 e. The molecule has 0 atom stereocenters. The first-order valence-corrected chi connectivity index (χ1v) is 9.97. The van der Waals surface area contributed by atoms with Crippen molar-refractivity contribution >= 4 is 5.91 Å². The summed E-state index contributed by atoms with van der Waals surface area (Å²) in [6.07, 6.45) is 6.73. The Balaban J connectivity index is 1.36. The molecule has 1 aromatic heterocycles. The monoisotopic (exact) mass is 368 g/mol. The fourth-order valence-electron chi connectivity index (χ4n) is 4.21. The Hall–Kier alpha value is -2.34. The van der Waals surface area contributed by atoms with Crippen molar-refractivity contribution in [3.63, 3.8) is 0 Å². The Kier molecular flexibility index (Phi) is 5.16. The summed E-state index contributed by atoms with van der Waals surface area (Å²) in [4.78, 5) is 14.9. The second-order valence-corrected chi connectivity index (χ2v) is 7.80. The first kappa shape index (κ1) is 18.0. The van der Waals surface area contributed by atoms with Gasteiger partial charge in [-0.3, -0.25) is 14.4 Å². The van der Waals surface area contributed by atoms with Gasteiger partial charge in [0.05, 0.1) is 24.5 Å². The second kappa shape index (κ2) is 7.72. The minimum atomic E-state index is -0.194. The number of aryl methyl sites for hydroxylation is 1. The van der Waals surface area contributed by atoms with Crippen LogP contribution in [-0.4, -0.2) is 38.3 Å². The van der Waals surface area contributed by atoms with Crippen LogP contribution in [0.5, 0.6) is 5.75 Å². The van der Waals surface area contributed by atoms with Crippen molar-refractivity contribution < 1.29 is 9.90 Å². The highest BCUT2D eigenvalue weighted by atomic mass is 16.3. The Labute approximate surface area is 160 Å². The molecular formula is C21H28N4O2. The molecule has 2 heterocycles. The molecule has 27 heavy (non-hydrogen) atoms. The number of nitrogens with one attached hydrogen (secondary N) is 1. The van der Waals surface area contributed by atoms with Crippen LogP contribution >= 0.6 is 0 Å². The number of carbonyl (C=O) groups is 1. The smallest absolute Gasteiger partial charge is 0.251 e. The standard InChI is InChI=1S/C21H28N4O2/c1-15-7-8-16(11-20(15)26)21(27)22-13-17-12-19-14-24(9-10-25(19)23-17)18-5-3-2-4-6-18/h7-8,11-12,18,26H,2-6,9-10,13-14H2,1H3,(H,22,27). The van der Waals surface area contributed by atoms with E-state index in [1.165, 1.54) is 43.9 Å². The summed E-state index contributed by atoms with van der Waals surface area (Å²) in [5.74, 6) is -0.0528. The van der Waals surface area contributed by atoms with Crippen molar-refractivity contribution in [2.45, 2.75) is 64.7 Å². The first-order valence-electron chi connectivity index (χ1n) is 9.97. The van der Waals surface area contributed by atoms with Crippen LogP contribution in [0.15, 0.2) is 24.3 Å². The Morgan fingerprint density at radius 2 is 2.04 bits per heavy atom. The largest absolute Gasteiger partial charge is 0.508 e. The molecule has 0 radical (unpaired) electrons. The van der Waals surface area contributed by atoms with Gasteiger partial charge < -0.3 is 10.4 Å². The maximum Gasteiger partial charge on any atom is 0.251 e. The predicted octanol–water partition coefficient (Wildman–Crippen LogP) is 2.98. The molecule has 1 fully saturated rings. The van der Waals surface area contributed by atoms with Gasteiger partial charge in [0.1, 0.15) is 5.75 Å². The zero-order valence-electron chi connectivity index (χ0n) is 15.9. The minimum absolute atomic E-state index is 0.142. The van der Waals surface area contributed by atoms with Gasteiger partial charge in [-0.1, -0.05) is 25.3 Å². The van der Waals surface area contributed by atoms with E-state index in [-0.39, 0.29) is 11.7 Å². The fourth-order valence-corrected chi connectivity index (χ4v) is 4.21. The van der Waals surface area contributed by atoms with E-state index in [9.17, 15) is 9.90 Å². The summed E-state index contributed by atoms with van der Waals surface area (Å²) in [7, 11) is 0. The topological polar surface area (TPSA) is 70.4 Å². The molecule has 4 rings (SSSR count). The van der Waals surface area contributed by atoms with E-state index in [1.54, 1.807) is 12.1 Å². The zero-order valence-corrected chi connectivity index (χ0v) is 15.9. The number of aromatic hydroxyl groups is 1. The summed E-state index contributed by atoms with van der Waals surface area (Å²) in [6, 6.07) is 7.82. The number of carbonyl (C=O) groups excluding carboxylic acids is 1. The number of phenols is 1. The number of nitrogens with zero attached hydrogens (tertiary/aromatic N) is 3. The van der Waals surface area contributed by atoms with Crippen LogP contribution in [0.25, 0.3) is 0 Å². The Bertz CT molecular complexity index is 824. The molecule has 2 aliphatic rings. The SMILES string of the molecule is Cc1ccc(C(=O)NCc2cc3n(n2)CCN(C2CCCCC2)C3)cc1O. The first-order chi connectivity index (χ1) is 13.1. The van der Waals surface area contributed by atoms with E-state index in [0.29, 0.717) is 12.1 Å². The van der Waals surface area contributed by atoms with E-state index >= 15 is 0 Å². The number of benzene rings is 1. The summed E-state index contributed by atoms with van der Waals surface area (Å²) < 4.78 is 2.08. The van der Waals surface area contributed by atoms with E-state index in [2.05, 4.69) is 26.1 Å². The lowest BCUT2D eigenvalue weighted by Crippen LogP contribution is -2.42. The molecule has 0 bridgehead atoms. The van der Waals surface area contributed by atoms with Gasteiger partial charge in [-0.25, -0.2) is 0 Å². The van der Waals surface area contributed by atoms with Crippen LogP contribution in [-0.2, 0) is 19.6 Å². The number of rotatable bonds is 4. The summed E-state index contributed by atoms with van der Waals surface area (Å²) in [5, 5.41) is 17.3. The highest BCUT2D eigenvalue weighted by molar-refractivity contribution is 5.94. The lowest BCUT2D eigenvalue weighted by Gasteiger charge is -2.36. The third-order valence-electron chi connectivity index (χ3n) is 5.87. The number of fused-ring (bicyclic) bond motifs is 1. The molecule has 1 amide bonds. The molecule has 1 aromatic carbocycles. The van der Waals surface area contributed by atoms with E-state index in [0.717, 1.165) is 36.9 Å². The van der Waals surface area contributed by atoms with Gasteiger partial charge in [0.25, 0.3) is 5.91 Å². The summed E-state index contributed by atoms with van der Waals surface area (Å²) in [6.45, 7) is 5.15. The molecule has 144 valence electrons. The van der Waals surface area contributed by atoms with Crippen molar-refractivity contribution in [3.8, 4) is 5.75 Å². The van der Waals surface area contributed by atoms with Gasteiger partial charge in [0.15, 0.2) is 0 Å². The number of hydrogen-bond acceptors (Lipinski definition) is 4. The molecular weight excluding hydrogens is 340 g/mol. The van der Waals surface area contributed by atoms with Crippen LogP contribution in [0.1, 0.15) is 59.4 Å². The van der Waals surface area contributed by atoms with E-state index in [1.807, 2.05) is 6.92 Å². The number of phenolic OH excluding ortho intramolecular Hbond substituents is 1. The van der Waals surface area contributed by atoms with Gasteiger partial charge in [0.2, 0.25) is 0 Å². The Morgan fingerprint density at radius 1 is 1.22 bits per heavy atom. The van der Waals surface area contributed by atoms with Crippen LogP contribution in [0, 0.1) is 6.92 Å². The highest BCUT2D eigenvalue weighted by Gasteiger charge is 2.26. The van der Waals surface area contributed by atoms with Gasteiger partial charge in [0, 0.05) is 24.7 Å². The van der Waals surface area contributed by atoms with Crippen LogP contribution in [0.3, 0.4) is 0 Å². The highest BCUT2D eigenvalue weighted by Crippen LogP contribution is 2.26. The molecule has 2 N–H and O–H groups in total. The molecule has 0 spiro atoms. The van der Waals surface area contributed by atoms with Crippen LogP contribution < -0.4 is 5.32 Å². The molecule has 0 saturated heterocycles. The van der Waals surface area contributed by atoms with Crippen molar-refractivity contribution in [2.75, 3.05) is 6.54 Å². The average molecular weight is 368 g/mol. The van der Waals surface area contributed by atoms with E-state index < -0.39 is 0 Å². The van der Waals surface area contributed by atoms with Crippen molar-refractivity contribution in [1.82, 2.24) is 20.0 Å². The molecule has 6 heteroatoms. The number of hydrogen-bond donors (Lipinski definition) is 2.